The van der Waals surface area contributed by atoms with Gasteiger partial charge in [-0.05, 0) is 25.1 Å². The second kappa shape index (κ2) is 6.28. The summed E-state index contributed by atoms with van der Waals surface area (Å²) in [5.74, 6) is -1.58. The zero-order valence-corrected chi connectivity index (χ0v) is 15.3. The summed E-state index contributed by atoms with van der Waals surface area (Å²) in [7, 11) is 0. The number of fused-ring (bicyclic) bond motifs is 2. The third-order valence-electron chi connectivity index (χ3n) is 5.15. The van der Waals surface area contributed by atoms with Crippen molar-refractivity contribution in [3.05, 3.63) is 46.7 Å². The topological polar surface area (TPSA) is 95.3 Å². The van der Waals surface area contributed by atoms with Crippen molar-refractivity contribution in [3.8, 4) is 0 Å². The average Bonchev–Trinajstić information content (AvgIpc) is 3.24. The molecule has 1 amide bonds. The van der Waals surface area contributed by atoms with Gasteiger partial charge >= 0.3 is 6.18 Å². The van der Waals surface area contributed by atoms with Crippen molar-refractivity contribution >= 4 is 16.8 Å². The molecule has 0 aliphatic carbocycles. The minimum absolute atomic E-state index is 0.00261. The number of benzene rings is 1. The number of aromatic nitrogens is 3. The standard InChI is InChI=1S/C18H16F4N4O3/c1-8-6-26(16(27)14-10-5-9(19)3-4-11(10)23-24-14)7-12-13(8)15(25-29-12)17(2,28)18(20,21)22/h3-5,8,28H,6-7H2,1-2H3,(H,23,24)/t8-,17?/m0/s1. The van der Waals surface area contributed by atoms with Gasteiger partial charge in [-0.25, -0.2) is 4.39 Å². The fourth-order valence-corrected chi connectivity index (χ4v) is 3.55. The molecule has 0 bridgehead atoms. The van der Waals surface area contributed by atoms with E-state index in [1.165, 1.54) is 23.1 Å². The molecule has 0 saturated carbocycles. The summed E-state index contributed by atoms with van der Waals surface area (Å²) in [5, 5.41) is 20.3. The number of nitrogens with one attached hydrogen (secondary N) is 1. The Morgan fingerprint density at radius 2 is 2.10 bits per heavy atom. The van der Waals surface area contributed by atoms with Crippen LogP contribution in [0.5, 0.6) is 0 Å². The van der Waals surface area contributed by atoms with E-state index in [-0.39, 0.29) is 30.1 Å². The van der Waals surface area contributed by atoms with E-state index in [0.717, 1.165) is 0 Å². The molecule has 0 spiro atoms. The third kappa shape index (κ3) is 2.96. The molecule has 2 N–H and O–H groups in total. The van der Waals surface area contributed by atoms with Crippen LogP contribution in [0.3, 0.4) is 0 Å². The molecule has 1 aliphatic rings. The van der Waals surface area contributed by atoms with E-state index in [9.17, 15) is 27.5 Å². The lowest BCUT2D eigenvalue weighted by Crippen LogP contribution is -2.42. The van der Waals surface area contributed by atoms with E-state index in [2.05, 4.69) is 15.4 Å². The molecule has 4 rings (SSSR count). The van der Waals surface area contributed by atoms with Crippen LogP contribution in [0, 0.1) is 5.82 Å². The number of amides is 1. The van der Waals surface area contributed by atoms with Crippen LogP contribution >= 0.6 is 0 Å². The van der Waals surface area contributed by atoms with E-state index < -0.39 is 35.1 Å². The Bertz CT molecular complexity index is 1100. The zero-order chi connectivity index (χ0) is 21.1. The monoisotopic (exact) mass is 412 g/mol. The fourth-order valence-electron chi connectivity index (χ4n) is 3.55. The van der Waals surface area contributed by atoms with E-state index in [1.807, 2.05) is 0 Å². The number of carbonyl (C=O) groups is 1. The average molecular weight is 412 g/mol. The minimum Gasteiger partial charge on any atom is -0.375 e. The van der Waals surface area contributed by atoms with Crippen LogP contribution in [0.25, 0.3) is 10.9 Å². The van der Waals surface area contributed by atoms with Crippen molar-refractivity contribution in [1.82, 2.24) is 20.3 Å². The predicted octanol–water partition coefficient (Wildman–Crippen LogP) is 3.22. The van der Waals surface area contributed by atoms with Gasteiger partial charge in [0.2, 0.25) is 5.60 Å². The summed E-state index contributed by atoms with van der Waals surface area (Å²) in [5.41, 5.74) is -3.18. The Labute approximate surface area is 161 Å². The van der Waals surface area contributed by atoms with Crippen LogP contribution in [-0.4, -0.2) is 44.0 Å². The molecule has 1 aliphatic heterocycles. The molecule has 154 valence electrons. The molecule has 3 aromatic rings. The van der Waals surface area contributed by atoms with Crippen molar-refractivity contribution in [2.45, 2.75) is 38.1 Å². The molecular formula is C18H16F4N4O3. The zero-order valence-electron chi connectivity index (χ0n) is 15.3. The first-order valence-electron chi connectivity index (χ1n) is 8.71. The number of carbonyl (C=O) groups excluding carboxylic acids is 1. The number of hydrogen-bond acceptors (Lipinski definition) is 5. The molecule has 0 fully saturated rings. The third-order valence-corrected chi connectivity index (χ3v) is 5.15. The van der Waals surface area contributed by atoms with Crippen LogP contribution in [0.1, 0.15) is 47.3 Å². The van der Waals surface area contributed by atoms with Gasteiger partial charge in [0.25, 0.3) is 5.91 Å². The van der Waals surface area contributed by atoms with E-state index in [1.54, 1.807) is 6.92 Å². The number of rotatable bonds is 2. The highest BCUT2D eigenvalue weighted by Crippen LogP contribution is 2.43. The maximum absolute atomic E-state index is 13.6. The first kappa shape index (κ1) is 19.4. The highest BCUT2D eigenvalue weighted by molar-refractivity contribution is 6.04. The highest BCUT2D eigenvalue weighted by Gasteiger charge is 2.55. The Hall–Kier alpha value is -2.95. The van der Waals surface area contributed by atoms with Gasteiger partial charge in [0.15, 0.2) is 11.5 Å². The number of hydrogen-bond donors (Lipinski definition) is 2. The van der Waals surface area contributed by atoms with Gasteiger partial charge in [-0.1, -0.05) is 12.1 Å². The summed E-state index contributed by atoms with van der Waals surface area (Å²) < 4.78 is 58.3. The molecule has 29 heavy (non-hydrogen) atoms. The van der Waals surface area contributed by atoms with Gasteiger partial charge in [-0.2, -0.15) is 18.3 Å². The summed E-state index contributed by atoms with van der Waals surface area (Å²) >= 11 is 0. The number of H-pyrrole nitrogens is 1. The van der Waals surface area contributed by atoms with Gasteiger partial charge in [-0.15, -0.1) is 0 Å². The first-order chi connectivity index (χ1) is 13.5. The molecule has 1 unspecified atom stereocenters. The molecule has 0 saturated heterocycles. The predicted molar refractivity (Wildman–Crippen MR) is 91.3 cm³/mol. The SMILES string of the molecule is C[C@H]1CN(C(=O)c2n[nH]c3ccc(F)cc23)Cc2onc(C(C)(O)C(F)(F)F)c21. The number of halogens is 4. The maximum atomic E-state index is 13.6. The lowest BCUT2D eigenvalue weighted by Gasteiger charge is -2.32. The van der Waals surface area contributed by atoms with E-state index in [4.69, 9.17) is 4.52 Å². The minimum atomic E-state index is -4.94. The second-order valence-corrected chi connectivity index (χ2v) is 7.29. The largest absolute Gasteiger partial charge is 0.422 e. The highest BCUT2D eigenvalue weighted by atomic mass is 19.4. The van der Waals surface area contributed by atoms with Crippen LogP contribution in [-0.2, 0) is 12.1 Å². The number of alkyl halides is 3. The Balaban J connectivity index is 1.68. The van der Waals surface area contributed by atoms with Crippen LogP contribution in [0.4, 0.5) is 17.6 Å². The summed E-state index contributed by atoms with van der Waals surface area (Å²) in [6.45, 7) is 2.12. The van der Waals surface area contributed by atoms with Crippen molar-refractivity contribution < 1.29 is 32.0 Å². The quantitative estimate of drug-likeness (QED) is 0.631. The van der Waals surface area contributed by atoms with Gasteiger partial charge in [0.1, 0.15) is 11.5 Å². The van der Waals surface area contributed by atoms with Gasteiger partial charge in [-0.3, -0.25) is 9.89 Å². The summed E-state index contributed by atoms with van der Waals surface area (Å²) in [6.07, 6.45) is -4.94. The lowest BCUT2D eigenvalue weighted by molar-refractivity contribution is -0.261. The van der Waals surface area contributed by atoms with Crippen molar-refractivity contribution in [2.24, 2.45) is 0 Å². The molecule has 2 atom stereocenters. The fraction of sp³-hybridized carbons (Fsp3) is 0.389. The Morgan fingerprint density at radius 1 is 1.38 bits per heavy atom. The van der Waals surface area contributed by atoms with Crippen LogP contribution in [0.2, 0.25) is 0 Å². The van der Waals surface area contributed by atoms with Crippen molar-refractivity contribution in [2.75, 3.05) is 6.54 Å². The van der Waals surface area contributed by atoms with Crippen LogP contribution < -0.4 is 0 Å². The van der Waals surface area contributed by atoms with Crippen LogP contribution in [0.15, 0.2) is 22.7 Å². The number of aromatic amines is 1. The Morgan fingerprint density at radius 3 is 2.79 bits per heavy atom. The van der Waals surface area contributed by atoms with Gasteiger partial charge in [0, 0.05) is 23.4 Å². The normalized spacial score (nSPS) is 19.3. The van der Waals surface area contributed by atoms with Crippen molar-refractivity contribution in [3.63, 3.8) is 0 Å². The second-order valence-electron chi connectivity index (χ2n) is 7.29. The van der Waals surface area contributed by atoms with Gasteiger partial charge in [0.05, 0.1) is 12.1 Å². The number of aliphatic hydroxyl groups is 1. The summed E-state index contributed by atoms with van der Waals surface area (Å²) in [6, 6.07) is 3.86. The molecule has 11 heteroatoms. The molecule has 7 nitrogen and oxygen atoms in total. The lowest BCUT2D eigenvalue weighted by atomic mass is 9.87. The first-order valence-corrected chi connectivity index (χ1v) is 8.71. The smallest absolute Gasteiger partial charge is 0.375 e. The maximum Gasteiger partial charge on any atom is 0.422 e. The van der Waals surface area contributed by atoms with E-state index in [0.29, 0.717) is 17.8 Å². The molecule has 0 radical (unpaired) electrons. The number of nitrogens with zero attached hydrogens (tertiary/aromatic N) is 3. The van der Waals surface area contributed by atoms with Crippen molar-refractivity contribution in [1.29, 1.82) is 0 Å². The van der Waals surface area contributed by atoms with E-state index >= 15 is 0 Å². The molecule has 3 heterocycles. The molecule has 1 aromatic carbocycles. The Kier molecular flexibility index (Phi) is 4.19. The summed E-state index contributed by atoms with van der Waals surface area (Å²) in [4.78, 5) is 14.3. The molecule has 2 aromatic heterocycles. The molecular weight excluding hydrogens is 396 g/mol. The van der Waals surface area contributed by atoms with Gasteiger partial charge < -0.3 is 14.5 Å².